The molecule has 2 amide bonds. The summed E-state index contributed by atoms with van der Waals surface area (Å²) in [6.07, 6.45) is 0. The fraction of sp³-hybridized carbons (Fsp3) is 0.440. The topological polar surface area (TPSA) is 58.6 Å². The van der Waals surface area contributed by atoms with Gasteiger partial charge in [-0.1, -0.05) is 75.2 Å². The molecule has 7 heteroatoms. The second kappa shape index (κ2) is 12.1. The van der Waals surface area contributed by atoms with Crippen LogP contribution in [0.25, 0.3) is 0 Å². The molecule has 0 aliphatic heterocycles. The number of rotatable bonds is 10. The number of ether oxygens (including phenoxy) is 1. The second-order valence-corrected chi connectivity index (χ2v) is 9.40. The summed E-state index contributed by atoms with van der Waals surface area (Å²) in [6.45, 7) is 10.4. The van der Waals surface area contributed by atoms with Gasteiger partial charge in [0.15, 0.2) is 6.61 Å². The summed E-state index contributed by atoms with van der Waals surface area (Å²) in [7, 11) is 0. The lowest BCUT2D eigenvalue weighted by molar-refractivity contribution is -0.142. The van der Waals surface area contributed by atoms with E-state index >= 15 is 0 Å². The third kappa shape index (κ3) is 7.42. The van der Waals surface area contributed by atoms with Crippen LogP contribution in [0.1, 0.15) is 51.7 Å². The van der Waals surface area contributed by atoms with Gasteiger partial charge in [0.1, 0.15) is 11.8 Å². The molecule has 0 spiro atoms. The number of nitrogens with zero attached hydrogens (tertiary/aromatic N) is 1. The maximum absolute atomic E-state index is 13.2. The number of amides is 2. The Labute approximate surface area is 201 Å². The summed E-state index contributed by atoms with van der Waals surface area (Å²) >= 11 is 12.3. The van der Waals surface area contributed by atoms with Crippen molar-refractivity contribution in [1.29, 1.82) is 0 Å². The Morgan fingerprint density at radius 1 is 1.03 bits per heavy atom. The predicted molar refractivity (Wildman–Crippen MR) is 130 cm³/mol. The smallest absolute Gasteiger partial charge is 0.261 e. The number of carbonyl (C=O) groups is 2. The van der Waals surface area contributed by atoms with Gasteiger partial charge in [-0.2, -0.15) is 0 Å². The molecule has 0 aliphatic carbocycles. The van der Waals surface area contributed by atoms with E-state index in [1.165, 1.54) is 4.90 Å². The van der Waals surface area contributed by atoms with Crippen molar-refractivity contribution in [1.82, 2.24) is 10.2 Å². The van der Waals surface area contributed by atoms with E-state index in [0.717, 1.165) is 5.56 Å². The van der Waals surface area contributed by atoms with E-state index in [-0.39, 0.29) is 30.9 Å². The van der Waals surface area contributed by atoms with Gasteiger partial charge in [0.25, 0.3) is 5.91 Å². The van der Waals surface area contributed by atoms with Crippen molar-refractivity contribution in [3.05, 3.63) is 63.6 Å². The number of carbonyl (C=O) groups excluding carboxylic acids is 2. The monoisotopic (exact) mass is 478 g/mol. The zero-order valence-electron chi connectivity index (χ0n) is 19.3. The van der Waals surface area contributed by atoms with Gasteiger partial charge < -0.3 is 15.0 Å². The number of hydrogen-bond donors (Lipinski definition) is 1. The first-order valence-electron chi connectivity index (χ1n) is 10.8. The van der Waals surface area contributed by atoms with Crippen LogP contribution in [0.3, 0.4) is 0 Å². The largest absolute Gasteiger partial charge is 0.483 e. The van der Waals surface area contributed by atoms with E-state index in [1.54, 1.807) is 25.1 Å². The van der Waals surface area contributed by atoms with Gasteiger partial charge in [-0.05, 0) is 48.1 Å². The first-order chi connectivity index (χ1) is 15.1. The van der Waals surface area contributed by atoms with Gasteiger partial charge in [0.05, 0.1) is 0 Å². The molecule has 174 valence electrons. The molecule has 5 nitrogen and oxygen atoms in total. The normalized spacial score (nSPS) is 12.0. The van der Waals surface area contributed by atoms with Crippen LogP contribution in [0.15, 0.2) is 42.5 Å². The first-order valence-corrected chi connectivity index (χ1v) is 11.6. The minimum absolute atomic E-state index is 0.167. The van der Waals surface area contributed by atoms with Gasteiger partial charge in [-0.3, -0.25) is 9.59 Å². The maximum Gasteiger partial charge on any atom is 0.261 e. The third-order valence-electron chi connectivity index (χ3n) is 5.10. The molecule has 0 radical (unpaired) electrons. The molecule has 0 bridgehead atoms. The molecular formula is C25H32Cl2N2O3. The number of hydrogen-bond acceptors (Lipinski definition) is 3. The van der Waals surface area contributed by atoms with E-state index in [0.29, 0.717) is 33.8 Å². The van der Waals surface area contributed by atoms with Crippen LogP contribution in [0.4, 0.5) is 0 Å². The van der Waals surface area contributed by atoms with E-state index in [9.17, 15) is 9.59 Å². The van der Waals surface area contributed by atoms with E-state index < -0.39 is 6.04 Å². The Kier molecular flexibility index (Phi) is 9.85. The van der Waals surface area contributed by atoms with Crippen LogP contribution < -0.4 is 10.1 Å². The summed E-state index contributed by atoms with van der Waals surface area (Å²) < 4.78 is 5.88. The number of para-hydroxylation sites is 1. The second-order valence-electron chi connectivity index (χ2n) is 8.55. The summed E-state index contributed by atoms with van der Waals surface area (Å²) in [4.78, 5) is 27.4. The number of halogens is 2. The minimum atomic E-state index is -0.697. The van der Waals surface area contributed by atoms with Gasteiger partial charge in [-0.25, -0.2) is 0 Å². The predicted octanol–water partition coefficient (Wildman–Crippen LogP) is 5.69. The fourth-order valence-corrected chi connectivity index (χ4v) is 3.65. The summed E-state index contributed by atoms with van der Waals surface area (Å²) in [5.41, 5.74) is 1.73. The van der Waals surface area contributed by atoms with Crippen LogP contribution >= 0.6 is 23.2 Å². The average Bonchev–Trinajstić information content (AvgIpc) is 2.74. The van der Waals surface area contributed by atoms with Crippen LogP contribution in [0.2, 0.25) is 10.0 Å². The number of benzene rings is 2. The fourth-order valence-electron chi connectivity index (χ4n) is 3.18. The molecule has 1 N–H and O–H groups in total. The zero-order valence-corrected chi connectivity index (χ0v) is 20.8. The van der Waals surface area contributed by atoms with Crippen molar-refractivity contribution in [3.63, 3.8) is 0 Å². The Morgan fingerprint density at radius 3 is 2.34 bits per heavy atom. The van der Waals surface area contributed by atoms with Crippen LogP contribution in [0.5, 0.6) is 5.75 Å². The Bertz CT molecular complexity index is 931. The molecular weight excluding hydrogens is 447 g/mol. The molecule has 2 aromatic rings. The van der Waals surface area contributed by atoms with Crippen LogP contribution in [-0.2, 0) is 16.1 Å². The molecule has 0 aliphatic rings. The SMILES string of the molecule is CC(C)CNC(=O)[C@H](C)N(Cc1ccc(Cl)cc1Cl)C(=O)COc1ccccc1C(C)C. The van der Waals surface area contributed by atoms with Gasteiger partial charge in [0, 0.05) is 23.1 Å². The van der Waals surface area contributed by atoms with Crippen molar-refractivity contribution in [3.8, 4) is 5.75 Å². The molecule has 0 aromatic heterocycles. The molecule has 1 atom stereocenters. The van der Waals surface area contributed by atoms with Crippen molar-refractivity contribution >= 4 is 35.0 Å². The van der Waals surface area contributed by atoms with E-state index in [4.69, 9.17) is 27.9 Å². The highest BCUT2D eigenvalue weighted by molar-refractivity contribution is 6.35. The van der Waals surface area contributed by atoms with Crippen LogP contribution in [-0.4, -0.2) is 35.9 Å². The molecule has 0 unspecified atom stereocenters. The Morgan fingerprint density at radius 2 is 1.72 bits per heavy atom. The van der Waals surface area contributed by atoms with Crippen LogP contribution in [0, 0.1) is 5.92 Å². The highest BCUT2D eigenvalue weighted by Gasteiger charge is 2.27. The molecule has 0 saturated heterocycles. The van der Waals surface area contributed by atoms with E-state index in [2.05, 4.69) is 19.2 Å². The lowest BCUT2D eigenvalue weighted by atomic mass is 10.0. The summed E-state index contributed by atoms with van der Waals surface area (Å²) in [5, 5.41) is 3.85. The highest BCUT2D eigenvalue weighted by atomic mass is 35.5. The lowest BCUT2D eigenvalue weighted by Crippen LogP contribution is -2.49. The third-order valence-corrected chi connectivity index (χ3v) is 5.69. The average molecular weight is 479 g/mol. The maximum atomic E-state index is 13.2. The first kappa shape index (κ1) is 26.0. The van der Waals surface area contributed by atoms with Gasteiger partial charge in [0.2, 0.25) is 5.91 Å². The summed E-state index contributed by atoms with van der Waals surface area (Å²) in [5.74, 6) is 0.696. The molecule has 2 aromatic carbocycles. The molecule has 0 fully saturated rings. The van der Waals surface area contributed by atoms with Crippen molar-refractivity contribution in [2.45, 2.75) is 53.1 Å². The molecule has 32 heavy (non-hydrogen) atoms. The van der Waals surface area contributed by atoms with Crippen molar-refractivity contribution in [2.75, 3.05) is 13.2 Å². The van der Waals surface area contributed by atoms with Crippen molar-refractivity contribution < 1.29 is 14.3 Å². The minimum Gasteiger partial charge on any atom is -0.483 e. The standard InChI is InChI=1S/C25H32Cl2N2O3/c1-16(2)13-28-25(31)18(5)29(14-19-10-11-20(26)12-22(19)27)24(30)15-32-23-9-7-6-8-21(23)17(3)4/h6-12,16-18H,13-15H2,1-5H3,(H,28,31)/t18-/m0/s1. The van der Waals surface area contributed by atoms with E-state index in [1.807, 2.05) is 38.1 Å². The Hall–Kier alpha value is -2.24. The molecule has 0 saturated carbocycles. The highest BCUT2D eigenvalue weighted by Crippen LogP contribution is 2.26. The Balaban J connectivity index is 2.22. The molecule has 0 heterocycles. The zero-order chi connectivity index (χ0) is 23.8. The quantitative estimate of drug-likeness (QED) is 0.477. The lowest BCUT2D eigenvalue weighted by Gasteiger charge is -2.29. The molecule has 2 rings (SSSR count). The number of nitrogens with one attached hydrogen (secondary N) is 1. The van der Waals surface area contributed by atoms with Gasteiger partial charge >= 0.3 is 0 Å². The van der Waals surface area contributed by atoms with Gasteiger partial charge in [-0.15, -0.1) is 0 Å². The van der Waals surface area contributed by atoms with Crippen molar-refractivity contribution in [2.24, 2.45) is 5.92 Å². The summed E-state index contributed by atoms with van der Waals surface area (Å²) in [6, 6.07) is 12.1.